The molecule has 0 saturated heterocycles. The molecule has 1 aliphatic rings. The van der Waals surface area contributed by atoms with E-state index < -0.39 is 0 Å². The second-order valence-electron chi connectivity index (χ2n) is 5.05. The van der Waals surface area contributed by atoms with Gasteiger partial charge in [0.2, 0.25) is 0 Å². The predicted molar refractivity (Wildman–Crippen MR) is 70.0 cm³/mol. The zero-order valence-corrected chi connectivity index (χ0v) is 11.0. The van der Waals surface area contributed by atoms with E-state index in [1.54, 1.807) is 0 Å². The molecule has 1 saturated carbocycles. The molecule has 0 unspecified atom stereocenters. The van der Waals surface area contributed by atoms with E-state index in [-0.39, 0.29) is 0 Å². The highest BCUT2D eigenvalue weighted by atomic mass is 15.1. The van der Waals surface area contributed by atoms with Crippen molar-refractivity contribution >= 4 is 5.82 Å². The van der Waals surface area contributed by atoms with Gasteiger partial charge >= 0.3 is 0 Å². The Balaban J connectivity index is 1.94. The van der Waals surface area contributed by atoms with Gasteiger partial charge in [-0.25, -0.2) is 9.97 Å². The maximum absolute atomic E-state index is 4.48. The molecule has 0 atom stereocenters. The first-order chi connectivity index (χ1) is 8.17. The average Bonchev–Trinajstić information content (AvgIpc) is 2.22. The van der Waals surface area contributed by atoms with Crippen LogP contribution >= 0.6 is 0 Å². The van der Waals surface area contributed by atoms with E-state index in [1.165, 1.54) is 25.8 Å². The molecule has 1 aromatic heterocycles. The van der Waals surface area contributed by atoms with Gasteiger partial charge in [-0.2, -0.15) is 0 Å². The first-order valence-corrected chi connectivity index (χ1v) is 6.38. The molecule has 0 spiro atoms. The number of aryl methyl sites for hydroxylation is 1. The molecule has 1 aromatic rings. The van der Waals surface area contributed by atoms with Crippen molar-refractivity contribution in [3.63, 3.8) is 0 Å². The molecular formula is C13H22N4. The first kappa shape index (κ1) is 12.3. The lowest BCUT2D eigenvalue weighted by molar-refractivity contribution is 0.197. The zero-order chi connectivity index (χ0) is 12.3. The lowest BCUT2D eigenvalue weighted by Gasteiger charge is -2.29. The molecule has 0 aliphatic heterocycles. The van der Waals surface area contributed by atoms with Crippen LogP contribution in [0.15, 0.2) is 6.07 Å². The summed E-state index contributed by atoms with van der Waals surface area (Å²) < 4.78 is 0. The second kappa shape index (κ2) is 5.45. The minimum Gasteiger partial charge on any atom is -0.373 e. The van der Waals surface area contributed by atoms with Gasteiger partial charge in [-0.15, -0.1) is 0 Å². The van der Waals surface area contributed by atoms with E-state index in [4.69, 9.17) is 0 Å². The van der Waals surface area contributed by atoms with E-state index in [2.05, 4.69) is 27.2 Å². The quantitative estimate of drug-likeness (QED) is 0.846. The molecule has 94 valence electrons. The number of nitrogens with one attached hydrogen (secondary N) is 1. The van der Waals surface area contributed by atoms with Crippen molar-refractivity contribution in [1.82, 2.24) is 14.9 Å². The second-order valence-corrected chi connectivity index (χ2v) is 5.05. The topological polar surface area (TPSA) is 41.1 Å². The van der Waals surface area contributed by atoms with Crippen LogP contribution < -0.4 is 5.32 Å². The van der Waals surface area contributed by atoms with E-state index in [0.29, 0.717) is 0 Å². The number of hydrogen-bond donors (Lipinski definition) is 1. The van der Waals surface area contributed by atoms with Gasteiger partial charge in [-0.1, -0.05) is 6.42 Å². The first-order valence-electron chi connectivity index (χ1n) is 6.38. The molecule has 0 bridgehead atoms. The van der Waals surface area contributed by atoms with E-state index in [9.17, 15) is 0 Å². The Kier molecular flexibility index (Phi) is 3.94. The molecule has 4 nitrogen and oxygen atoms in total. The number of hydrogen-bond acceptors (Lipinski definition) is 4. The minimum absolute atomic E-state index is 0.840. The third-order valence-electron chi connectivity index (χ3n) is 3.36. The summed E-state index contributed by atoms with van der Waals surface area (Å²) in [4.78, 5) is 11.3. The molecule has 0 aromatic carbocycles. The lowest BCUT2D eigenvalue weighted by Crippen LogP contribution is -2.29. The third-order valence-corrected chi connectivity index (χ3v) is 3.36. The Labute approximate surface area is 103 Å². The van der Waals surface area contributed by atoms with Crippen molar-refractivity contribution in [3.8, 4) is 0 Å². The number of aromatic nitrogens is 2. The fraction of sp³-hybridized carbons (Fsp3) is 0.692. The van der Waals surface area contributed by atoms with Crippen LogP contribution in [-0.2, 0) is 6.54 Å². The van der Waals surface area contributed by atoms with Crippen LogP contribution in [-0.4, -0.2) is 35.5 Å². The van der Waals surface area contributed by atoms with Crippen molar-refractivity contribution in [1.29, 1.82) is 0 Å². The largest absolute Gasteiger partial charge is 0.373 e. The van der Waals surface area contributed by atoms with Crippen LogP contribution in [0.3, 0.4) is 0 Å². The molecule has 0 radical (unpaired) electrons. The molecule has 1 fully saturated rings. The Hall–Kier alpha value is -1.16. The Morgan fingerprint density at radius 1 is 1.41 bits per heavy atom. The van der Waals surface area contributed by atoms with Crippen molar-refractivity contribution in [2.45, 2.75) is 32.7 Å². The summed E-state index contributed by atoms with van der Waals surface area (Å²) in [6.07, 6.45) is 4.19. The fourth-order valence-electron chi connectivity index (χ4n) is 2.25. The van der Waals surface area contributed by atoms with Gasteiger partial charge in [0.25, 0.3) is 0 Å². The molecule has 1 N–H and O–H groups in total. The standard InChI is InChI=1S/C13H22N4/c1-10-7-12(14-2)16-13(15-10)9-17(3)8-11-5-4-6-11/h7,11H,4-6,8-9H2,1-3H3,(H,14,15,16). The molecule has 4 heteroatoms. The van der Waals surface area contributed by atoms with Crippen LogP contribution in [0.25, 0.3) is 0 Å². The van der Waals surface area contributed by atoms with E-state index in [1.807, 2.05) is 20.0 Å². The Bertz CT molecular complexity index is 374. The Morgan fingerprint density at radius 2 is 2.18 bits per heavy atom. The number of rotatable bonds is 5. The number of anilines is 1. The summed E-state index contributed by atoms with van der Waals surface area (Å²) in [5.41, 5.74) is 1.02. The fourth-order valence-corrected chi connectivity index (χ4v) is 2.25. The van der Waals surface area contributed by atoms with E-state index in [0.717, 1.165) is 29.8 Å². The van der Waals surface area contributed by atoms with Gasteiger partial charge in [-0.05, 0) is 32.7 Å². The van der Waals surface area contributed by atoms with Crippen LogP contribution in [0.5, 0.6) is 0 Å². The molecule has 1 heterocycles. The smallest absolute Gasteiger partial charge is 0.144 e. The SMILES string of the molecule is CNc1cc(C)nc(CN(C)CC2CCC2)n1. The van der Waals surface area contributed by atoms with Crippen LogP contribution in [0.1, 0.15) is 30.8 Å². The van der Waals surface area contributed by atoms with E-state index >= 15 is 0 Å². The van der Waals surface area contributed by atoms with Crippen LogP contribution in [0.4, 0.5) is 5.82 Å². The third kappa shape index (κ3) is 3.40. The van der Waals surface area contributed by atoms with Crippen LogP contribution in [0.2, 0.25) is 0 Å². The molecule has 17 heavy (non-hydrogen) atoms. The maximum Gasteiger partial charge on any atom is 0.144 e. The molecule has 0 amide bonds. The van der Waals surface area contributed by atoms with Crippen molar-refractivity contribution < 1.29 is 0 Å². The summed E-state index contributed by atoms with van der Waals surface area (Å²) in [5.74, 6) is 2.72. The van der Waals surface area contributed by atoms with Crippen LogP contribution in [0, 0.1) is 12.8 Å². The number of nitrogens with zero attached hydrogens (tertiary/aromatic N) is 3. The van der Waals surface area contributed by atoms with Gasteiger partial charge in [0.15, 0.2) is 0 Å². The normalized spacial score (nSPS) is 16.0. The zero-order valence-electron chi connectivity index (χ0n) is 11.0. The van der Waals surface area contributed by atoms with Gasteiger partial charge in [0.1, 0.15) is 11.6 Å². The highest BCUT2D eigenvalue weighted by molar-refractivity contribution is 5.34. The van der Waals surface area contributed by atoms with Crippen molar-refractivity contribution in [2.75, 3.05) is 26.0 Å². The summed E-state index contributed by atoms with van der Waals surface area (Å²) >= 11 is 0. The molecule has 2 rings (SSSR count). The molecule has 1 aliphatic carbocycles. The summed E-state index contributed by atoms with van der Waals surface area (Å²) in [7, 11) is 4.05. The van der Waals surface area contributed by atoms with Crippen molar-refractivity contribution in [2.24, 2.45) is 5.92 Å². The summed E-state index contributed by atoms with van der Waals surface area (Å²) in [6.45, 7) is 4.02. The average molecular weight is 234 g/mol. The molecular weight excluding hydrogens is 212 g/mol. The highest BCUT2D eigenvalue weighted by Gasteiger charge is 2.19. The maximum atomic E-state index is 4.48. The van der Waals surface area contributed by atoms with Gasteiger partial charge < -0.3 is 5.32 Å². The van der Waals surface area contributed by atoms with Gasteiger partial charge in [-0.3, -0.25) is 4.90 Å². The van der Waals surface area contributed by atoms with Gasteiger partial charge in [0, 0.05) is 25.4 Å². The predicted octanol–water partition coefficient (Wildman–Crippen LogP) is 2.06. The lowest BCUT2D eigenvalue weighted by atomic mass is 9.85. The Morgan fingerprint density at radius 3 is 2.76 bits per heavy atom. The summed E-state index contributed by atoms with van der Waals surface area (Å²) in [5, 5.41) is 3.07. The van der Waals surface area contributed by atoms with Crippen molar-refractivity contribution in [3.05, 3.63) is 17.6 Å². The highest BCUT2D eigenvalue weighted by Crippen LogP contribution is 2.26. The summed E-state index contributed by atoms with van der Waals surface area (Å²) in [6, 6.07) is 1.97. The monoisotopic (exact) mass is 234 g/mol. The minimum atomic E-state index is 0.840. The van der Waals surface area contributed by atoms with Gasteiger partial charge in [0.05, 0.1) is 6.54 Å².